The van der Waals surface area contributed by atoms with Gasteiger partial charge in [0.25, 0.3) is 5.91 Å². The molecule has 0 aliphatic heterocycles. The van der Waals surface area contributed by atoms with E-state index in [1.165, 1.54) is 7.11 Å². The topological polar surface area (TPSA) is 100 Å². The molecule has 0 saturated heterocycles. The van der Waals surface area contributed by atoms with Crippen LogP contribution in [0.4, 0.5) is 5.69 Å². The number of hydrogen-bond acceptors (Lipinski definition) is 4. The number of hydrogen-bond donors (Lipinski definition) is 3. The van der Waals surface area contributed by atoms with E-state index in [1.807, 2.05) is 0 Å². The molecule has 2 amide bonds. The van der Waals surface area contributed by atoms with Crippen LogP contribution in [0.3, 0.4) is 0 Å². The highest BCUT2D eigenvalue weighted by Gasteiger charge is 2.22. The summed E-state index contributed by atoms with van der Waals surface area (Å²) in [4.78, 5) is 38.5. The molecule has 132 valence electrons. The molecule has 2 rings (SSSR count). The lowest BCUT2D eigenvalue weighted by molar-refractivity contribution is -0.119. The average Bonchev–Trinajstić information content (AvgIpc) is 2.90. The SMILES string of the molecule is CNC(=O)Cc1ccc(NC(=O)c2[nH]c(C)c(C(=O)OC)c2C)cc1. The first-order chi connectivity index (χ1) is 11.9. The molecule has 0 spiro atoms. The van der Waals surface area contributed by atoms with E-state index in [0.717, 1.165) is 5.56 Å². The number of benzene rings is 1. The van der Waals surface area contributed by atoms with Gasteiger partial charge >= 0.3 is 5.97 Å². The zero-order valence-electron chi connectivity index (χ0n) is 14.6. The van der Waals surface area contributed by atoms with Gasteiger partial charge in [0.2, 0.25) is 5.91 Å². The number of methoxy groups -OCH3 is 1. The van der Waals surface area contributed by atoms with Crippen molar-refractivity contribution in [2.45, 2.75) is 20.3 Å². The molecule has 25 heavy (non-hydrogen) atoms. The largest absolute Gasteiger partial charge is 0.465 e. The smallest absolute Gasteiger partial charge is 0.339 e. The Balaban J connectivity index is 2.15. The third kappa shape index (κ3) is 4.06. The quantitative estimate of drug-likeness (QED) is 0.723. The first-order valence-corrected chi connectivity index (χ1v) is 7.75. The van der Waals surface area contributed by atoms with Crippen LogP contribution in [0.15, 0.2) is 24.3 Å². The standard InChI is InChI=1S/C18H21N3O4/c1-10-15(18(24)25-4)11(2)20-16(10)17(23)21-13-7-5-12(6-8-13)9-14(22)19-3/h5-8,20H,9H2,1-4H3,(H,19,22)(H,21,23). The molecule has 0 bridgehead atoms. The second-order valence-electron chi connectivity index (χ2n) is 5.62. The van der Waals surface area contributed by atoms with Gasteiger partial charge < -0.3 is 20.4 Å². The number of aromatic amines is 1. The molecule has 0 saturated carbocycles. The third-order valence-corrected chi connectivity index (χ3v) is 3.91. The van der Waals surface area contributed by atoms with E-state index in [-0.39, 0.29) is 18.2 Å². The van der Waals surface area contributed by atoms with Gasteiger partial charge in [0.15, 0.2) is 0 Å². The number of H-pyrrole nitrogens is 1. The normalized spacial score (nSPS) is 10.2. The molecule has 0 aliphatic carbocycles. The number of amides is 2. The third-order valence-electron chi connectivity index (χ3n) is 3.91. The number of aryl methyl sites for hydroxylation is 1. The van der Waals surface area contributed by atoms with Crippen LogP contribution in [0.5, 0.6) is 0 Å². The van der Waals surface area contributed by atoms with Crippen LogP contribution in [0.25, 0.3) is 0 Å². The lowest BCUT2D eigenvalue weighted by Gasteiger charge is -2.06. The summed E-state index contributed by atoms with van der Waals surface area (Å²) < 4.78 is 4.74. The van der Waals surface area contributed by atoms with E-state index >= 15 is 0 Å². The Morgan fingerprint density at radius 2 is 1.76 bits per heavy atom. The highest BCUT2D eigenvalue weighted by molar-refractivity contribution is 6.06. The summed E-state index contributed by atoms with van der Waals surface area (Å²) in [7, 11) is 2.88. The summed E-state index contributed by atoms with van der Waals surface area (Å²) in [5.74, 6) is -0.914. The van der Waals surface area contributed by atoms with Crippen molar-refractivity contribution in [3.8, 4) is 0 Å². The molecule has 0 aliphatic rings. The van der Waals surface area contributed by atoms with Gasteiger partial charge in [-0.2, -0.15) is 0 Å². The summed E-state index contributed by atoms with van der Waals surface area (Å²) in [6, 6.07) is 7.00. The first kappa shape index (κ1) is 18.3. The second kappa shape index (κ2) is 7.65. The van der Waals surface area contributed by atoms with Crippen molar-refractivity contribution in [1.82, 2.24) is 10.3 Å². The summed E-state index contributed by atoms with van der Waals surface area (Å²) in [5, 5.41) is 5.33. The van der Waals surface area contributed by atoms with E-state index in [0.29, 0.717) is 28.2 Å². The van der Waals surface area contributed by atoms with Crippen molar-refractivity contribution in [3.63, 3.8) is 0 Å². The molecule has 0 fully saturated rings. The van der Waals surface area contributed by atoms with Crippen molar-refractivity contribution in [1.29, 1.82) is 0 Å². The van der Waals surface area contributed by atoms with Crippen molar-refractivity contribution in [3.05, 3.63) is 52.3 Å². The maximum Gasteiger partial charge on any atom is 0.339 e. The zero-order valence-corrected chi connectivity index (χ0v) is 14.6. The van der Waals surface area contributed by atoms with E-state index < -0.39 is 5.97 Å². The molecule has 1 aromatic heterocycles. The van der Waals surface area contributed by atoms with Gasteiger partial charge in [-0.1, -0.05) is 12.1 Å². The lowest BCUT2D eigenvalue weighted by Crippen LogP contribution is -2.19. The maximum absolute atomic E-state index is 12.5. The summed E-state index contributed by atoms with van der Waals surface area (Å²) in [5.41, 5.74) is 3.24. The molecule has 2 aromatic rings. The van der Waals surface area contributed by atoms with Crippen LogP contribution in [0, 0.1) is 13.8 Å². The molecule has 7 nitrogen and oxygen atoms in total. The van der Waals surface area contributed by atoms with Gasteiger partial charge in [-0.3, -0.25) is 9.59 Å². The predicted octanol–water partition coefficient (Wildman–Crippen LogP) is 1.96. The van der Waals surface area contributed by atoms with Crippen LogP contribution in [0.1, 0.15) is 37.7 Å². The van der Waals surface area contributed by atoms with E-state index in [2.05, 4.69) is 15.6 Å². The van der Waals surface area contributed by atoms with Gasteiger partial charge in [-0.15, -0.1) is 0 Å². The minimum atomic E-state index is -0.483. The lowest BCUT2D eigenvalue weighted by atomic mass is 10.1. The summed E-state index contributed by atoms with van der Waals surface area (Å²) in [6.45, 7) is 3.40. The first-order valence-electron chi connectivity index (χ1n) is 7.75. The second-order valence-corrected chi connectivity index (χ2v) is 5.62. The van der Waals surface area contributed by atoms with Gasteiger partial charge in [0, 0.05) is 18.4 Å². The van der Waals surface area contributed by atoms with Crippen LogP contribution in [-0.4, -0.2) is 36.9 Å². The minimum absolute atomic E-state index is 0.0791. The van der Waals surface area contributed by atoms with Crippen LogP contribution in [-0.2, 0) is 16.0 Å². The molecule has 0 atom stereocenters. The number of likely N-dealkylation sites (N-methyl/N-ethyl adjacent to an activating group) is 1. The Morgan fingerprint density at radius 3 is 2.32 bits per heavy atom. The van der Waals surface area contributed by atoms with Crippen LogP contribution < -0.4 is 10.6 Å². The Bertz CT molecular complexity index is 806. The molecular formula is C18H21N3O4. The van der Waals surface area contributed by atoms with Gasteiger partial charge in [-0.25, -0.2) is 4.79 Å². The van der Waals surface area contributed by atoms with E-state index in [1.54, 1.807) is 45.2 Å². The number of ether oxygens (including phenoxy) is 1. The Labute approximate surface area is 145 Å². The van der Waals surface area contributed by atoms with Crippen molar-refractivity contribution in [2.24, 2.45) is 0 Å². The van der Waals surface area contributed by atoms with Crippen molar-refractivity contribution < 1.29 is 19.1 Å². The highest BCUT2D eigenvalue weighted by atomic mass is 16.5. The molecule has 0 unspecified atom stereocenters. The van der Waals surface area contributed by atoms with Crippen LogP contribution in [0.2, 0.25) is 0 Å². The van der Waals surface area contributed by atoms with Gasteiger partial charge in [0.1, 0.15) is 5.69 Å². The zero-order chi connectivity index (χ0) is 18.6. The minimum Gasteiger partial charge on any atom is -0.465 e. The van der Waals surface area contributed by atoms with E-state index in [4.69, 9.17) is 4.74 Å². The average molecular weight is 343 g/mol. The monoisotopic (exact) mass is 343 g/mol. The maximum atomic E-state index is 12.5. The summed E-state index contributed by atoms with van der Waals surface area (Å²) in [6.07, 6.45) is 0.280. The fourth-order valence-corrected chi connectivity index (χ4v) is 2.56. The molecular weight excluding hydrogens is 322 g/mol. The van der Waals surface area contributed by atoms with E-state index in [9.17, 15) is 14.4 Å². The number of aromatic nitrogens is 1. The number of anilines is 1. The van der Waals surface area contributed by atoms with Crippen LogP contribution >= 0.6 is 0 Å². The fraction of sp³-hybridized carbons (Fsp3) is 0.278. The highest BCUT2D eigenvalue weighted by Crippen LogP contribution is 2.20. The fourth-order valence-electron chi connectivity index (χ4n) is 2.56. The Morgan fingerprint density at radius 1 is 1.12 bits per heavy atom. The number of rotatable bonds is 5. The summed E-state index contributed by atoms with van der Waals surface area (Å²) >= 11 is 0. The van der Waals surface area contributed by atoms with Crippen molar-refractivity contribution in [2.75, 3.05) is 19.5 Å². The number of nitrogens with one attached hydrogen (secondary N) is 3. The number of esters is 1. The molecule has 7 heteroatoms. The van der Waals surface area contributed by atoms with Crippen molar-refractivity contribution >= 4 is 23.5 Å². The molecule has 1 aromatic carbocycles. The number of carbonyl (C=O) groups excluding carboxylic acids is 3. The predicted molar refractivity (Wildman–Crippen MR) is 93.8 cm³/mol. The van der Waals surface area contributed by atoms with Gasteiger partial charge in [0.05, 0.1) is 19.1 Å². The Hall–Kier alpha value is -3.09. The number of carbonyl (C=O) groups is 3. The Kier molecular flexibility index (Phi) is 5.59. The molecule has 0 radical (unpaired) electrons. The molecule has 3 N–H and O–H groups in total. The van der Waals surface area contributed by atoms with Gasteiger partial charge in [-0.05, 0) is 37.1 Å². The molecule has 1 heterocycles.